The minimum absolute atomic E-state index is 0.0630. The molecule has 0 rings (SSSR count). The van der Waals surface area contributed by atoms with Crippen molar-refractivity contribution in [2.45, 2.75) is 425 Å². The number of hydrogen-bond donors (Lipinski definition) is 0. The number of hydrogen-bond acceptors (Lipinski definition) is 6. The lowest BCUT2D eigenvalue weighted by Crippen LogP contribution is -2.30. The minimum atomic E-state index is -0.763. The summed E-state index contributed by atoms with van der Waals surface area (Å²) in [5.41, 5.74) is 0. The number of ether oxygens (including phenoxy) is 3. The lowest BCUT2D eigenvalue weighted by molar-refractivity contribution is -0.167. The summed E-state index contributed by atoms with van der Waals surface area (Å²) in [6, 6.07) is 0. The number of unbranched alkanes of at least 4 members (excludes halogenated alkanes) is 55. The highest BCUT2D eigenvalue weighted by Crippen LogP contribution is 2.19. The van der Waals surface area contributed by atoms with Crippen LogP contribution >= 0.6 is 0 Å². The van der Waals surface area contributed by atoms with Crippen LogP contribution in [-0.4, -0.2) is 37.2 Å². The fourth-order valence-electron chi connectivity index (χ4n) is 11.3. The molecule has 0 heterocycles. The van der Waals surface area contributed by atoms with Crippen LogP contribution in [0.1, 0.15) is 419 Å². The predicted molar refractivity (Wildman–Crippen MR) is 344 cm³/mol. The quantitative estimate of drug-likeness (QED) is 0.0261. The molecule has 0 aromatic carbocycles. The van der Waals surface area contributed by atoms with E-state index in [1.807, 2.05) is 0 Å². The Morgan fingerprint density at radius 1 is 0.241 bits per heavy atom. The van der Waals surface area contributed by atoms with Crippen molar-refractivity contribution in [2.24, 2.45) is 0 Å². The zero-order valence-electron chi connectivity index (χ0n) is 53.9. The van der Waals surface area contributed by atoms with E-state index in [-0.39, 0.29) is 31.1 Å². The third kappa shape index (κ3) is 66.8. The number of carbonyl (C=O) groups is 3. The molecule has 0 radical (unpaired) electrons. The number of allylic oxidation sites excluding steroid dienone is 2. The molecule has 0 aliphatic rings. The van der Waals surface area contributed by atoms with E-state index in [1.54, 1.807) is 0 Å². The first-order valence-electron chi connectivity index (χ1n) is 36.2. The lowest BCUT2D eigenvalue weighted by Gasteiger charge is -2.18. The van der Waals surface area contributed by atoms with Crippen LogP contribution in [0.25, 0.3) is 0 Å². The molecule has 0 bridgehead atoms. The molecular formula is C73H140O6. The van der Waals surface area contributed by atoms with Gasteiger partial charge in [0, 0.05) is 19.3 Å². The summed E-state index contributed by atoms with van der Waals surface area (Å²) < 4.78 is 16.9. The van der Waals surface area contributed by atoms with Gasteiger partial charge in [-0.05, 0) is 44.9 Å². The zero-order chi connectivity index (χ0) is 57.1. The summed E-state index contributed by atoms with van der Waals surface area (Å²) in [6.07, 6.45) is 83.0. The Kier molecular flexibility index (Phi) is 67.0. The van der Waals surface area contributed by atoms with Crippen LogP contribution in [0.5, 0.6) is 0 Å². The Balaban J connectivity index is 3.90. The SMILES string of the molecule is CCCCCCCCCC/C=C\CCCCCCCCCCCCCCCCCCCCCCCC(=O)OCC(COC(=O)CCCCCCCC)OC(=O)CCCCCCCCCCCCCCCCCCCCCCCC. The van der Waals surface area contributed by atoms with Crippen LogP contribution in [0.3, 0.4) is 0 Å². The predicted octanol–water partition coefficient (Wildman–Crippen LogP) is 24.8. The van der Waals surface area contributed by atoms with Crippen LogP contribution in [0.4, 0.5) is 0 Å². The van der Waals surface area contributed by atoms with E-state index in [2.05, 4.69) is 32.9 Å². The second-order valence-electron chi connectivity index (χ2n) is 24.9. The molecule has 468 valence electrons. The van der Waals surface area contributed by atoms with Gasteiger partial charge in [-0.3, -0.25) is 14.4 Å². The number of esters is 3. The molecule has 0 aromatic rings. The Morgan fingerprint density at radius 3 is 0.633 bits per heavy atom. The van der Waals surface area contributed by atoms with Gasteiger partial charge in [0.15, 0.2) is 6.10 Å². The summed E-state index contributed by atoms with van der Waals surface area (Å²) in [7, 11) is 0. The van der Waals surface area contributed by atoms with Crippen LogP contribution in [-0.2, 0) is 28.6 Å². The summed E-state index contributed by atoms with van der Waals surface area (Å²) in [4.78, 5) is 38.1. The van der Waals surface area contributed by atoms with E-state index < -0.39 is 6.10 Å². The van der Waals surface area contributed by atoms with Gasteiger partial charge >= 0.3 is 17.9 Å². The first kappa shape index (κ1) is 77.2. The summed E-state index contributed by atoms with van der Waals surface area (Å²) in [5, 5.41) is 0. The van der Waals surface area contributed by atoms with Gasteiger partial charge in [0.05, 0.1) is 0 Å². The third-order valence-corrected chi connectivity index (χ3v) is 16.8. The molecule has 0 aliphatic heterocycles. The first-order valence-corrected chi connectivity index (χ1v) is 36.2. The summed E-state index contributed by atoms with van der Waals surface area (Å²) in [6.45, 7) is 6.66. The van der Waals surface area contributed by atoms with E-state index >= 15 is 0 Å². The van der Waals surface area contributed by atoms with Crippen molar-refractivity contribution in [3.8, 4) is 0 Å². The Bertz CT molecular complexity index is 1230. The van der Waals surface area contributed by atoms with Gasteiger partial charge in [-0.15, -0.1) is 0 Å². The van der Waals surface area contributed by atoms with Gasteiger partial charge in [0.2, 0.25) is 0 Å². The largest absolute Gasteiger partial charge is 0.462 e. The number of rotatable bonds is 68. The van der Waals surface area contributed by atoms with Gasteiger partial charge in [0.1, 0.15) is 13.2 Å². The van der Waals surface area contributed by atoms with Gasteiger partial charge in [-0.25, -0.2) is 0 Å². The third-order valence-electron chi connectivity index (χ3n) is 16.8. The second kappa shape index (κ2) is 68.6. The van der Waals surface area contributed by atoms with E-state index in [4.69, 9.17) is 14.2 Å². The van der Waals surface area contributed by atoms with Gasteiger partial charge in [-0.1, -0.05) is 367 Å². The second-order valence-corrected chi connectivity index (χ2v) is 24.9. The van der Waals surface area contributed by atoms with Crippen molar-refractivity contribution in [3.63, 3.8) is 0 Å². The average Bonchev–Trinajstić information content (AvgIpc) is 3.45. The van der Waals surface area contributed by atoms with Crippen molar-refractivity contribution in [3.05, 3.63) is 12.2 Å². The van der Waals surface area contributed by atoms with E-state index in [9.17, 15) is 14.4 Å². The molecule has 0 aliphatic carbocycles. The molecule has 6 heteroatoms. The normalized spacial score (nSPS) is 12.0. The van der Waals surface area contributed by atoms with E-state index in [1.165, 1.54) is 321 Å². The minimum Gasteiger partial charge on any atom is -0.462 e. The van der Waals surface area contributed by atoms with Crippen LogP contribution in [0, 0.1) is 0 Å². The molecule has 0 aromatic heterocycles. The number of carbonyl (C=O) groups excluding carboxylic acids is 3. The molecule has 0 saturated heterocycles. The van der Waals surface area contributed by atoms with E-state index in [0.29, 0.717) is 19.3 Å². The molecule has 1 atom stereocenters. The Labute approximate surface area is 494 Å². The average molecular weight is 1110 g/mol. The highest BCUT2D eigenvalue weighted by atomic mass is 16.6. The van der Waals surface area contributed by atoms with Crippen molar-refractivity contribution < 1.29 is 28.6 Å². The van der Waals surface area contributed by atoms with Crippen LogP contribution < -0.4 is 0 Å². The summed E-state index contributed by atoms with van der Waals surface area (Å²) in [5.74, 6) is -0.840. The van der Waals surface area contributed by atoms with E-state index in [0.717, 1.165) is 57.8 Å². The summed E-state index contributed by atoms with van der Waals surface area (Å²) >= 11 is 0. The molecule has 0 spiro atoms. The zero-order valence-corrected chi connectivity index (χ0v) is 53.9. The van der Waals surface area contributed by atoms with Crippen molar-refractivity contribution in [2.75, 3.05) is 13.2 Å². The monoisotopic (exact) mass is 1110 g/mol. The van der Waals surface area contributed by atoms with Crippen molar-refractivity contribution >= 4 is 17.9 Å². The Hall–Kier alpha value is -1.85. The fourth-order valence-corrected chi connectivity index (χ4v) is 11.3. The highest BCUT2D eigenvalue weighted by Gasteiger charge is 2.19. The molecule has 0 saturated carbocycles. The van der Waals surface area contributed by atoms with Gasteiger partial charge in [-0.2, -0.15) is 0 Å². The molecule has 1 unspecified atom stereocenters. The van der Waals surface area contributed by atoms with Crippen LogP contribution in [0.15, 0.2) is 12.2 Å². The maximum Gasteiger partial charge on any atom is 0.306 e. The first-order chi connectivity index (χ1) is 39.0. The van der Waals surface area contributed by atoms with Crippen molar-refractivity contribution in [1.29, 1.82) is 0 Å². The molecule has 0 N–H and O–H groups in total. The fraction of sp³-hybridized carbons (Fsp3) is 0.932. The molecule has 79 heavy (non-hydrogen) atoms. The standard InChI is InChI=1S/C73H140O6/c1-4-7-10-13-16-18-20-22-24-26-28-30-32-33-34-35-36-37-38-39-40-41-42-44-45-47-49-51-53-55-57-60-63-66-72(75)78-69-70(68-77-71(74)65-62-59-15-12-9-6-3)79-73(76)67-64-61-58-56-54-52-50-48-46-43-31-29-27-25-23-21-19-17-14-11-8-5-2/h26,28,70H,4-25,27,29-69H2,1-3H3/b28-26-. The van der Waals surface area contributed by atoms with Gasteiger partial charge in [0.25, 0.3) is 0 Å². The topological polar surface area (TPSA) is 78.9 Å². The smallest absolute Gasteiger partial charge is 0.306 e. The molecule has 0 fully saturated rings. The molecular weight excluding hydrogens is 973 g/mol. The van der Waals surface area contributed by atoms with Gasteiger partial charge < -0.3 is 14.2 Å². The maximum atomic E-state index is 12.9. The lowest BCUT2D eigenvalue weighted by atomic mass is 10.0. The van der Waals surface area contributed by atoms with Crippen molar-refractivity contribution in [1.82, 2.24) is 0 Å². The maximum absolute atomic E-state index is 12.9. The highest BCUT2D eigenvalue weighted by molar-refractivity contribution is 5.71. The Morgan fingerprint density at radius 2 is 0.418 bits per heavy atom. The molecule has 6 nitrogen and oxygen atoms in total. The molecule has 0 amide bonds. The van der Waals surface area contributed by atoms with Crippen LogP contribution in [0.2, 0.25) is 0 Å².